The maximum absolute atomic E-state index is 7.89. The zero-order valence-electron chi connectivity index (χ0n) is 22.1. The molecular weight excluding hydrogens is 516 g/mol. The second kappa shape index (κ2) is 7.57. The van der Waals surface area contributed by atoms with E-state index in [1.54, 1.807) is 6.20 Å². The molecule has 0 radical (unpaired) electrons. The lowest BCUT2D eigenvalue weighted by Crippen LogP contribution is -2.02. The van der Waals surface area contributed by atoms with E-state index in [4.69, 9.17) is 16.5 Å². The quantitative estimate of drug-likeness (QED) is 0.198. The number of fused-ring (bicyclic) bond motifs is 12. The normalized spacial score (nSPS) is 12.3. The van der Waals surface area contributed by atoms with Gasteiger partial charge in [0, 0.05) is 38.5 Å². The van der Waals surface area contributed by atoms with E-state index < -0.39 is 0 Å². The van der Waals surface area contributed by atoms with Crippen LogP contribution < -0.4 is 0 Å². The Morgan fingerprint density at radius 2 is 1.31 bits per heavy atom. The fraction of sp³-hybridized carbons (Fsp3) is 0. The number of rotatable bonds is 1. The Labute approximate surface area is 237 Å². The third-order valence-electron chi connectivity index (χ3n) is 8.69. The molecule has 6 heteroatoms. The molecule has 5 heterocycles. The van der Waals surface area contributed by atoms with Gasteiger partial charge in [0.2, 0.25) is 0 Å². The number of pyridine rings is 1. The highest BCUT2D eigenvalue weighted by Crippen LogP contribution is 2.47. The fourth-order valence-electron chi connectivity index (χ4n) is 7.02. The summed E-state index contributed by atoms with van der Waals surface area (Å²) in [6.45, 7) is 7.89. The topological polar surface area (TPSA) is 52.4 Å². The maximum Gasteiger partial charge on any atom is 0.332 e. The number of para-hydroxylation sites is 2. The standard InChI is InChI=1S/C36H18N6/c1-37-35-32-27(13-8-16-38-32)39-36(40-35)42-29-15-7-5-12-23(29)25-19-24-22-11-4-6-14-28(22)41-30-18-21-10-3-2-9-20(21)17-26(30)31(33(24)41)34(25)42/h2-19H. The van der Waals surface area contributed by atoms with Crippen LogP contribution >= 0.6 is 0 Å². The second-order valence-electron chi connectivity index (χ2n) is 10.8. The van der Waals surface area contributed by atoms with Gasteiger partial charge in [-0.05, 0) is 53.2 Å². The molecule has 0 unspecified atom stereocenters. The minimum Gasteiger partial charge on any atom is -0.359 e. The van der Waals surface area contributed by atoms with E-state index in [1.165, 1.54) is 43.5 Å². The van der Waals surface area contributed by atoms with E-state index >= 15 is 0 Å². The van der Waals surface area contributed by atoms with E-state index in [1.807, 2.05) is 18.2 Å². The summed E-state index contributed by atoms with van der Waals surface area (Å²) in [5, 5.41) is 9.46. The molecule has 42 heavy (non-hydrogen) atoms. The average Bonchev–Trinajstić information content (AvgIpc) is 3.67. The van der Waals surface area contributed by atoms with Gasteiger partial charge in [0.15, 0.2) is 0 Å². The van der Waals surface area contributed by atoms with Crippen LogP contribution in [0.25, 0.3) is 92.5 Å². The minimum atomic E-state index is 0.250. The summed E-state index contributed by atoms with van der Waals surface area (Å²) in [6.07, 6.45) is 1.68. The Morgan fingerprint density at radius 3 is 2.14 bits per heavy atom. The largest absolute Gasteiger partial charge is 0.359 e. The van der Waals surface area contributed by atoms with E-state index in [0.717, 1.165) is 27.2 Å². The van der Waals surface area contributed by atoms with Crippen molar-refractivity contribution in [2.45, 2.75) is 0 Å². The van der Waals surface area contributed by atoms with Gasteiger partial charge in [0.05, 0.1) is 33.1 Å². The highest BCUT2D eigenvalue weighted by atomic mass is 15.2. The molecule has 0 N–H and O–H groups in total. The van der Waals surface area contributed by atoms with Crippen molar-refractivity contribution in [3.8, 4) is 5.95 Å². The van der Waals surface area contributed by atoms with Crippen LogP contribution in [0.3, 0.4) is 0 Å². The van der Waals surface area contributed by atoms with Crippen molar-refractivity contribution in [1.29, 1.82) is 0 Å². The van der Waals surface area contributed by atoms with E-state index in [-0.39, 0.29) is 5.82 Å². The first-order valence-electron chi connectivity index (χ1n) is 13.8. The van der Waals surface area contributed by atoms with Gasteiger partial charge in [-0.15, -0.1) is 0 Å². The Balaban J connectivity index is 1.52. The summed E-state index contributed by atoms with van der Waals surface area (Å²) >= 11 is 0. The van der Waals surface area contributed by atoms with E-state index in [0.29, 0.717) is 17.0 Å². The van der Waals surface area contributed by atoms with Crippen molar-refractivity contribution < 1.29 is 0 Å². The lowest BCUT2D eigenvalue weighted by molar-refractivity contribution is 1.02. The third kappa shape index (κ3) is 2.56. The molecule has 6 nitrogen and oxygen atoms in total. The summed E-state index contributed by atoms with van der Waals surface area (Å²) in [4.78, 5) is 18.0. The molecule has 0 aliphatic carbocycles. The molecule has 0 bridgehead atoms. The SMILES string of the molecule is [C-]#[N+]c1nc(-n2c3ccccc3c3cc4c5ccccc5n5c6cc7ccccc7cc6c(c32)c45)nc2cccnc12. The van der Waals surface area contributed by atoms with E-state index in [9.17, 15) is 0 Å². The van der Waals surface area contributed by atoms with Gasteiger partial charge >= 0.3 is 11.8 Å². The van der Waals surface area contributed by atoms with Crippen LogP contribution in [0.4, 0.5) is 5.82 Å². The second-order valence-corrected chi connectivity index (χ2v) is 10.8. The zero-order valence-corrected chi connectivity index (χ0v) is 22.1. The molecule has 10 rings (SSSR count). The monoisotopic (exact) mass is 534 g/mol. The molecule has 0 fully saturated rings. The van der Waals surface area contributed by atoms with Crippen molar-refractivity contribution in [1.82, 2.24) is 23.9 Å². The smallest absolute Gasteiger partial charge is 0.332 e. The van der Waals surface area contributed by atoms with Crippen LogP contribution in [0.15, 0.2) is 109 Å². The first kappa shape index (κ1) is 21.7. The van der Waals surface area contributed by atoms with E-state index in [2.05, 4.69) is 104 Å². The van der Waals surface area contributed by atoms with Gasteiger partial charge in [-0.1, -0.05) is 72.2 Å². The number of hydrogen-bond donors (Lipinski definition) is 0. The van der Waals surface area contributed by atoms with Crippen molar-refractivity contribution in [2.24, 2.45) is 0 Å². The van der Waals surface area contributed by atoms with Gasteiger partial charge in [0.1, 0.15) is 5.52 Å². The summed E-state index contributed by atoms with van der Waals surface area (Å²) in [7, 11) is 0. The molecule has 192 valence electrons. The number of benzene rings is 5. The number of hydrogen-bond acceptors (Lipinski definition) is 3. The molecule has 0 amide bonds. The van der Waals surface area contributed by atoms with Gasteiger partial charge in [-0.3, -0.25) is 9.55 Å². The summed E-state index contributed by atoms with van der Waals surface area (Å²) in [5.41, 5.74) is 6.75. The molecule has 10 aromatic rings. The molecule has 0 aliphatic heterocycles. The van der Waals surface area contributed by atoms with Crippen LogP contribution in [-0.2, 0) is 0 Å². The Hall–Kier alpha value is -6.06. The van der Waals surface area contributed by atoms with Crippen molar-refractivity contribution in [3.63, 3.8) is 0 Å². The van der Waals surface area contributed by atoms with Gasteiger partial charge in [-0.25, -0.2) is 0 Å². The Kier molecular flexibility index (Phi) is 3.91. The molecule has 0 aliphatic rings. The average molecular weight is 535 g/mol. The third-order valence-corrected chi connectivity index (χ3v) is 8.69. The maximum atomic E-state index is 7.89. The lowest BCUT2D eigenvalue weighted by Gasteiger charge is -2.07. The predicted octanol–water partition coefficient (Wildman–Crippen LogP) is 8.98. The van der Waals surface area contributed by atoms with Crippen LogP contribution in [0.2, 0.25) is 0 Å². The molecule has 5 aromatic carbocycles. The highest BCUT2D eigenvalue weighted by molar-refractivity contribution is 6.34. The Morgan fingerprint density at radius 1 is 0.595 bits per heavy atom. The van der Waals surface area contributed by atoms with Crippen LogP contribution in [0.5, 0.6) is 0 Å². The molecule has 5 aromatic heterocycles. The van der Waals surface area contributed by atoms with Crippen molar-refractivity contribution >= 4 is 87.5 Å². The summed E-state index contributed by atoms with van der Waals surface area (Å²) < 4.78 is 4.56. The van der Waals surface area contributed by atoms with Crippen molar-refractivity contribution in [2.75, 3.05) is 0 Å². The molecular formula is C36H18N6. The number of nitrogens with zero attached hydrogens (tertiary/aromatic N) is 6. The predicted molar refractivity (Wildman–Crippen MR) is 170 cm³/mol. The van der Waals surface area contributed by atoms with Crippen LogP contribution in [0, 0.1) is 6.57 Å². The minimum absolute atomic E-state index is 0.250. The van der Waals surface area contributed by atoms with Gasteiger partial charge in [-0.2, -0.15) is 4.98 Å². The zero-order chi connectivity index (χ0) is 27.5. The molecule has 0 saturated heterocycles. The lowest BCUT2D eigenvalue weighted by atomic mass is 10.0. The highest BCUT2D eigenvalue weighted by Gasteiger charge is 2.26. The molecule has 0 saturated carbocycles. The first-order valence-corrected chi connectivity index (χ1v) is 13.8. The summed E-state index contributed by atoms with van der Waals surface area (Å²) in [6, 6.07) is 36.3. The Bertz CT molecular complexity index is 2810. The molecule has 0 spiro atoms. The number of aromatic nitrogens is 5. The van der Waals surface area contributed by atoms with Crippen LogP contribution in [0.1, 0.15) is 0 Å². The van der Waals surface area contributed by atoms with Crippen LogP contribution in [-0.4, -0.2) is 23.9 Å². The van der Waals surface area contributed by atoms with Gasteiger partial charge in [0.25, 0.3) is 0 Å². The van der Waals surface area contributed by atoms with Crippen molar-refractivity contribution in [3.05, 3.63) is 121 Å². The summed E-state index contributed by atoms with van der Waals surface area (Å²) in [5.74, 6) is 0.722. The fourth-order valence-corrected chi connectivity index (χ4v) is 7.02. The molecule has 0 atom stereocenters. The first-order chi connectivity index (χ1) is 20.8. The van der Waals surface area contributed by atoms with Gasteiger partial charge < -0.3 is 9.25 Å².